The zero-order valence-corrected chi connectivity index (χ0v) is 20.9. The van der Waals surface area contributed by atoms with Crippen molar-refractivity contribution >= 4 is 35.1 Å². The maximum absolute atomic E-state index is 12.3. The van der Waals surface area contributed by atoms with E-state index in [2.05, 4.69) is 25.0 Å². The van der Waals surface area contributed by atoms with Gasteiger partial charge in [-0.15, -0.1) is 5.92 Å². The Kier molecular flexibility index (Phi) is 8.63. The lowest BCUT2D eigenvalue weighted by atomic mass is 9.96. The third kappa shape index (κ3) is 6.75. The fraction of sp³-hybridized carbons (Fsp3) is 0.571. The topological polar surface area (TPSA) is 244 Å². The van der Waals surface area contributed by atoms with Crippen LogP contribution in [0.25, 0.3) is 0 Å². The fourth-order valence-corrected chi connectivity index (χ4v) is 6.57. The van der Waals surface area contributed by atoms with Crippen LogP contribution in [0.5, 0.6) is 0 Å². The molecule has 1 aliphatic rings. The number of nitrogens with zero attached hydrogens (tertiary/aromatic N) is 1. The van der Waals surface area contributed by atoms with Gasteiger partial charge in [0.2, 0.25) is 0 Å². The Morgan fingerprint density at radius 3 is 2.32 bits per heavy atom. The van der Waals surface area contributed by atoms with E-state index in [1.54, 1.807) is 0 Å². The van der Waals surface area contributed by atoms with Crippen LogP contribution in [0.1, 0.15) is 25.6 Å². The Hall–Kier alpha value is -1.14. The quantitative estimate of drug-likeness (QED) is 0.135. The highest BCUT2D eigenvalue weighted by Crippen LogP contribution is 2.66. The smallest absolute Gasteiger partial charge is 0.387 e. The number of halogens is 1. The number of hydrogen-bond acceptors (Lipinski definition) is 10. The number of aromatic nitrogens is 2. The SMILES string of the molecule is CC#CC1(Cl)C(O)[C@@H]([C@H](C)OP(=O)(O)OP(=O)(O)OP(=O)(O)O)O[C@H]1n1cc(C)c(=O)[nH]c1=O. The number of hydrogen-bond donors (Lipinski definition) is 6. The van der Waals surface area contributed by atoms with Crippen LogP contribution in [0.3, 0.4) is 0 Å². The first kappa shape index (κ1) is 29.1. The summed E-state index contributed by atoms with van der Waals surface area (Å²) in [6.45, 7) is 3.78. The molecule has 0 bridgehead atoms. The molecule has 2 rings (SSSR count). The monoisotopic (exact) mass is 568 g/mol. The first-order chi connectivity index (χ1) is 15.3. The van der Waals surface area contributed by atoms with Gasteiger partial charge in [-0.3, -0.25) is 18.9 Å². The minimum absolute atomic E-state index is 0.0749. The second-order valence-corrected chi connectivity index (χ2v) is 11.9. The molecule has 2 heterocycles. The van der Waals surface area contributed by atoms with Gasteiger partial charge in [0, 0.05) is 11.8 Å². The average Bonchev–Trinajstić information content (AvgIpc) is 2.86. The molecule has 1 aromatic heterocycles. The molecule has 1 aliphatic heterocycles. The van der Waals surface area contributed by atoms with Gasteiger partial charge in [-0.1, -0.05) is 17.5 Å². The predicted octanol–water partition coefficient (Wildman–Crippen LogP) is -0.164. The summed E-state index contributed by atoms with van der Waals surface area (Å²) in [6, 6.07) is 0. The maximum Gasteiger partial charge on any atom is 0.490 e. The van der Waals surface area contributed by atoms with Crippen molar-refractivity contribution in [2.45, 2.75) is 50.2 Å². The molecule has 16 nitrogen and oxygen atoms in total. The molecular formula is C14H20ClN2O14P3. The fourth-order valence-electron chi connectivity index (χ4n) is 3.00. The molecule has 1 aromatic rings. The van der Waals surface area contributed by atoms with Crippen molar-refractivity contribution < 1.29 is 56.3 Å². The van der Waals surface area contributed by atoms with E-state index in [4.69, 9.17) is 26.1 Å². The van der Waals surface area contributed by atoms with Crippen LogP contribution in [-0.4, -0.2) is 57.4 Å². The van der Waals surface area contributed by atoms with Crippen molar-refractivity contribution in [2.24, 2.45) is 0 Å². The molecule has 0 aromatic carbocycles. The number of rotatable bonds is 8. The molecule has 20 heteroatoms. The van der Waals surface area contributed by atoms with E-state index >= 15 is 0 Å². The summed E-state index contributed by atoms with van der Waals surface area (Å²) in [5, 5.41) is 10.8. The lowest BCUT2D eigenvalue weighted by molar-refractivity contribution is -0.0750. The molecule has 1 saturated heterocycles. The molecule has 192 valence electrons. The van der Waals surface area contributed by atoms with Gasteiger partial charge in [-0.25, -0.2) is 18.5 Å². The second kappa shape index (κ2) is 10.1. The molecule has 7 atom stereocenters. The Morgan fingerprint density at radius 1 is 1.21 bits per heavy atom. The van der Waals surface area contributed by atoms with Crippen LogP contribution >= 0.6 is 35.1 Å². The van der Waals surface area contributed by atoms with Gasteiger partial charge < -0.3 is 29.4 Å². The standard InChI is InChI=1S/C14H20ClN2O14P3/c1-4-5-14(15)10(18)9(28-12(14)17-6-7(2)11(19)16-13(17)20)8(3)29-33(24,25)31-34(26,27)30-32(21,22)23/h6,8-10,12,18H,1-3H3,(H,24,25)(H,26,27)(H,16,19,20)(H2,21,22,23)/t8-,9+,10?,12+,14?/m0/s1. The molecule has 0 radical (unpaired) electrons. The largest absolute Gasteiger partial charge is 0.490 e. The molecule has 0 saturated carbocycles. The van der Waals surface area contributed by atoms with Gasteiger partial charge in [0.25, 0.3) is 5.56 Å². The van der Waals surface area contributed by atoms with Crippen LogP contribution in [0.4, 0.5) is 0 Å². The van der Waals surface area contributed by atoms with Gasteiger partial charge >= 0.3 is 29.2 Å². The highest BCUT2D eigenvalue weighted by atomic mass is 35.5. The summed E-state index contributed by atoms with van der Waals surface area (Å²) in [5.41, 5.74) is -1.60. The van der Waals surface area contributed by atoms with Gasteiger partial charge in [0.1, 0.15) is 12.2 Å². The van der Waals surface area contributed by atoms with E-state index in [-0.39, 0.29) is 5.56 Å². The molecule has 1 fully saturated rings. The molecule has 6 N–H and O–H groups in total. The van der Waals surface area contributed by atoms with Gasteiger partial charge in [-0.05, 0) is 20.8 Å². The zero-order chi connectivity index (χ0) is 26.3. The van der Waals surface area contributed by atoms with E-state index in [0.29, 0.717) is 0 Å². The predicted molar refractivity (Wildman–Crippen MR) is 112 cm³/mol. The lowest BCUT2D eigenvalue weighted by Gasteiger charge is -2.26. The van der Waals surface area contributed by atoms with E-state index in [1.165, 1.54) is 13.8 Å². The van der Waals surface area contributed by atoms with Crippen molar-refractivity contribution in [1.29, 1.82) is 0 Å². The summed E-state index contributed by atoms with van der Waals surface area (Å²) in [5.74, 6) is 4.92. The number of phosphoric acid groups is 3. The summed E-state index contributed by atoms with van der Waals surface area (Å²) in [6.07, 6.45) is -5.57. The number of aliphatic hydroxyl groups excluding tert-OH is 1. The van der Waals surface area contributed by atoms with Crippen LogP contribution < -0.4 is 11.2 Å². The highest BCUT2D eigenvalue weighted by Gasteiger charge is 2.58. The third-order valence-corrected chi connectivity index (χ3v) is 8.71. The normalized spacial score (nSPS) is 29.5. The molecule has 34 heavy (non-hydrogen) atoms. The Morgan fingerprint density at radius 2 is 1.79 bits per heavy atom. The number of nitrogens with one attached hydrogen (secondary N) is 1. The Balaban J connectivity index is 2.36. The summed E-state index contributed by atoms with van der Waals surface area (Å²) in [7, 11) is -17.0. The minimum Gasteiger partial charge on any atom is -0.387 e. The van der Waals surface area contributed by atoms with Gasteiger partial charge in [-0.2, -0.15) is 8.62 Å². The van der Waals surface area contributed by atoms with Gasteiger partial charge in [0.05, 0.1) is 6.10 Å². The van der Waals surface area contributed by atoms with Crippen molar-refractivity contribution in [3.05, 3.63) is 32.6 Å². The molecule has 0 amide bonds. The van der Waals surface area contributed by atoms with Crippen LogP contribution in [-0.2, 0) is 31.6 Å². The molecule has 4 unspecified atom stereocenters. The van der Waals surface area contributed by atoms with Crippen LogP contribution in [0, 0.1) is 18.8 Å². The molecule has 0 spiro atoms. The highest BCUT2D eigenvalue weighted by molar-refractivity contribution is 7.66. The minimum atomic E-state index is -5.78. The molecule has 0 aliphatic carbocycles. The van der Waals surface area contributed by atoms with Crippen LogP contribution in [0.15, 0.2) is 15.8 Å². The number of phosphoric ester groups is 1. The van der Waals surface area contributed by atoms with E-state index in [9.17, 15) is 38.2 Å². The van der Waals surface area contributed by atoms with Crippen LogP contribution in [0.2, 0.25) is 0 Å². The van der Waals surface area contributed by atoms with Crippen molar-refractivity contribution in [3.8, 4) is 11.8 Å². The van der Waals surface area contributed by atoms with Gasteiger partial charge in [0.15, 0.2) is 11.1 Å². The first-order valence-electron chi connectivity index (χ1n) is 8.92. The second-order valence-electron chi connectivity index (χ2n) is 6.92. The van der Waals surface area contributed by atoms with Crippen molar-refractivity contribution in [3.63, 3.8) is 0 Å². The summed E-state index contributed by atoms with van der Waals surface area (Å²) < 4.78 is 52.7. The number of aryl methyl sites for hydroxylation is 1. The first-order valence-corrected chi connectivity index (χ1v) is 13.8. The number of alkyl halides is 1. The number of aliphatic hydroxyl groups is 1. The average molecular weight is 569 g/mol. The third-order valence-electron chi connectivity index (χ3n) is 4.28. The van der Waals surface area contributed by atoms with E-state index in [1.807, 2.05) is 4.98 Å². The molecular weight excluding hydrogens is 549 g/mol. The number of H-pyrrole nitrogens is 1. The maximum atomic E-state index is 12.3. The van der Waals surface area contributed by atoms with E-state index in [0.717, 1.165) is 17.7 Å². The van der Waals surface area contributed by atoms with Crippen molar-refractivity contribution in [2.75, 3.05) is 0 Å². The lowest BCUT2D eigenvalue weighted by Crippen LogP contribution is -2.45. The number of aromatic amines is 1. The Labute approximate surface area is 195 Å². The summed E-state index contributed by atoms with van der Waals surface area (Å²) in [4.78, 5) is 60.1. The number of ether oxygens (including phenoxy) is 1. The zero-order valence-electron chi connectivity index (χ0n) is 17.5. The van der Waals surface area contributed by atoms with E-state index < -0.39 is 64.1 Å². The summed E-state index contributed by atoms with van der Waals surface area (Å²) >= 11 is 6.47. The van der Waals surface area contributed by atoms with Crippen molar-refractivity contribution in [1.82, 2.24) is 9.55 Å². The Bertz CT molecular complexity index is 1260.